The van der Waals surface area contributed by atoms with Gasteiger partial charge in [-0.15, -0.1) is 5.10 Å². The van der Waals surface area contributed by atoms with Gasteiger partial charge in [0.25, 0.3) is 10.7 Å². The first kappa shape index (κ1) is 13.3. The Labute approximate surface area is 124 Å². The van der Waals surface area contributed by atoms with E-state index < -0.39 is 0 Å². The maximum absolute atomic E-state index is 12.0. The van der Waals surface area contributed by atoms with Gasteiger partial charge in [0, 0.05) is 11.1 Å². The highest BCUT2D eigenvalue weighted by atomic mass is 32.1. The number of hydrogen-bond donors (Lipinski definition) is 2. The molecule has 0 saturated heterocycles. The van der Waals surface area contributed by atoms with Gasteiger partial charge in [-0.25, -0.2) is 5.10 Å². The van der Waals surface area contributed by atoms with Crippen LogP contribution < -0.4 is 5.32 Å². The third kappa shape index (κ3) is 3.09. The van der Waals surface area contributed by atoms with Crippen LogP contribution in [0.1, 0.15) is 16.1 Å². The predicted octanol–water partition coefficient (Wildman–Crippen LogP) is 2.92. The lowest BCUT2D eigenvalue weighted by Gasteiger charge is -2.03. The van der Waals surface area contributed by atoms with E-state index in [9.17, 15) is 4.79 Å². The van der Waals surface area contributed by atoms with Crippen LogP contribution in [0, 0.1) is 4.84 Å². The minimum absolute atomic E-state index is 0.180. The number of nitrogens with zero attached hydrogens (tertiary/aromatic N) is 1. The molecule has 0 unspecified atom stereocenters. The fourth-order valence-electron chi connectivity index (χ4n) is 1.80. The number of benzene rings is 1. The smallest absolute Gasteiger partial charge is 0.284 e. The topological polar surface area (TPSA) is 84.1 Å². The molecule has 106 valence electrons. The molecule has 0 aliphatic carbocycles. The van der Waals surface area contributed by atoms with Gasteiger partial charge >= 0.3 is 0 Å². The Balaban J connectivity index is 1.68. The van der Waals surface area contributed by atoms with Crippen molar-refractivity contribution in [3.63, 3.8) is 0 Å². The number of carbonyl (C=O) groups is 1. The van der Waals surface area contributed by atoms with Crippen molar-refractivity contribution in [2.75, 3.05) is 0 Å². The molecule has 2 heterocycles. The number of carbonyl (C=O) groups excluding carboxylic acids is 1. The zero-order chi connectivity index (χ0) is 14.7. The van der Waals surface area contributed by atoms with Crippen molar-refractivity contribution in [1.29, 1.82) is 0 Å². The van der Waals surface area contributed by atoms with Gasteiger partial charge in [0.2, 0.25) is 5.89 Å². The number of furan rings is 1. The SMILES string of the molecule is O=C(NCc1ccco1)c1ccc(-c2n[nH]c(=S)o2)cc1. The Hall–Kier alpha value is -2.67. The molecule has 0 aliphatic rings. The van der Waals surface area contributed by atoms with Gasteiger partial charge in [0.05, 0.1) is 12.8 Å². The molecular weight excluding hydrogens is 290 g/mol. The fourth-order valence-corrected chi connectivity index (χ4v) is 1.92. The zero-order valence-corrected chi connectivity index (χ0v) is 11.6. The highest BCUT2D eigenvalue weighted by Gasteiger charge is 2.08. The first-order valence-electron chi connectivity index (χ1n) is 6.19. The number of aromatic amines is 1. The molecule has 3 rings (SSSR count). The van der Waals surface area contributed by atoms with E-state index in [1.807, 2.05) is 0 Å². The van der Waals surface area contributed by atoms with E-state index in [4.69, 9.17) is 21.1 Å². The lowest BCUT2D eigenvalue weighted by Crippen LogP contribution is -2.22. The van der Waals surface area contributed by atoms with E-state index in [0.717, 1.165) is 5.56 Å². The maximum Gasteiger partial charge on any atom is 0.284 e. The third-order valence-corrected chi connectivity index (χ3v) is 3.01. The highest BCUT2D eigenvalue weighted by Crippen LogP contribution is 2.17. The predicted molar refractivity (Wildman–Crippen MR) is 77.0 cm³/mol. The largest absolute Gasteiger partial charge is 0.467 e. The Morgan fingerprint density at radius 3 is 2.71 bits per heavy atom. The van der Waals surface area contributed by atoms with Crippen LogP contribution in [0.5, 0.6) is 0 Å². The molecule has 0 radical (unpaired) electrons. The van der Waals surface area contributed by atoms with Crippen molar-refractivity contribution in [1.82, 2.24) is 15.5 Å². The standard InChI is InChI=1S/C14H11N3O3S/c18-12(15-8-11-2-1-7-19-11)9-3-5-10(6-4-9)13-16-17-14(21)20-13/h1-7H,8H2,(H,15,18)(H,17,21). The number of amides is 1. The molecule has 2 N–H and O–H groups in total. The average molecular weight is 301 g/mol. The lowest BCUT2D eigenvalue weighted by atomic mass is 10.1. The van der Waals surface area contributed by atoms with Gasteiger partial charge in [-0.3, -0.25) is 4.79 Å². The van der Waals surface area contributed by atoms with Crippen molar-refractivity contribution < 1.29 is 13.6 Å². The number of nitrogens with one attached hydrogen (secondary N) is 2. The molecule has 0 saturated carbocycles. The van der Waals surface area contributed by atoms with Crippen LogP contribution in [0.2, 0.25) is 0 Å². The highest BCUT2D eigenvalue weighted by molar-refractivity contribution is 7.71. The van der Waals surface area contributed by atoms with Crippen LogP contribution in [0.4, 0.5) is 0 Å². The monoisotopic (exact) mass is 301 g/mol. The second-order valence-corrected chi connectivity index (χ2v) is 4.63. The molecule has 0 atom stereocenters. The summed E-state index contributed by atoms with van der Waals surface area (Å²) in [7, 11) is 0. The van der Waals surface area contributed by atoms with Gasteiger partial charge in [0.15, 0.2) is 0 Å². The van der Waals surface area contributed by atoms with Gasteiger partial charge in [-0.05, 0) is 48.6 Å². The first-order valence-corrected chi connectivity index (χ1v) is 6.60. The summed E-state index contributed by atoms with van der Waals surface area (Å²) in [5.74, 6) is 0.914. The second kappa shape index (κ2) is 5.76. The summed E-state index contributed by atoms with van der Waals surface area (Å²) in [6.07, 6.45) is 1.57. The molecule has 21 heavy (non-hydrogen) atoms. The molecule has 6 nitrogen and oxygen atoms in total. The first-order chi connectivity index (χ1) is 10.2. The van der Waals surface area contributed by atoms with E-state index in [2.05, 4.69) is 15.5 Å². The van der Waals surface area contributed by atoms with Crippen molar-refractivity contribution in [3.8, 4) is 11.5 Å². The van der Waals surface area contributed by atoms with Crippen LogP contribution in [-0.4, -0.2) is 16.1 Å². The molecule has 1 aromatic carbocycles. The molecule has 0 fully saturated rings. The molecule has 0 bridgehead atoms. The second-order valence-electron chi connectivity index (χ2n) is 4.26. The summed E-state index contributed by atoms with van der Waals surface area (Å²) < 4.78 is 10.4. The third-order valence-electron chi connectivity index (χ3n) is 2.84. The summed E-state index contributed by atoms with van der Waals surface area (Å²) >= 11 is 4.82. The Morgan fingerprint density at radius 1 is 1.29 bits per heavy atom. The van der Waals surface area contributed by atoms with Crippen LogP contribution in [0.3, 0.4) is 0 Å². The Morgan fingerprint density at radius 2 is 2.10 bits per heavy atom. The zero-order valence-electron chi connectivity index (χ0n) is 10.8. The number of H-pyrrole nitrogens is 1. The van der Waals surface area contributed by atoms with Gasteiger partial charge in [-0.2, -0.15) is 0 Å². The van der Waals surface area contributed by atoms with E-state index >= 15 is 0 Å². The van der Waals surface area contributed by atoms with E-state index in [0.29, 0.717) is 23.8 Å². The molecule has 0 spiro atoms. The molecular formula is C14H11N3O3S. The van der Waals surface area contributed by atoms with Crippen LogP contribution in [0.15, 0.2) is 51.5 Å². The molecule has 3 aromatic rings. The van der Waals surface area contributed by atoms with E-state index in [1.54, 1.807) is 42.7 Å². The maximum atomic E-state index is 12.0. The summed E-state index contributed by atoms with van der Waals surface area (Å²) in [4.78, 5) is 12.2. The van der Waals surface area contributed by atoms with Crippen molar-refractivity contribution in [2.24, 2.45) is 0 Å². The molecule has 7 heteroatoms. The van der Waals surface area contributed by atoms with Crippen molar-refractivity contribution in [2.45, 2.75) is 6.54 Å². The summed E-state index contributed by atoms with van der Waals surface area (Å²) in [5, 5.41) is 9.24. The average Bonchev–Trinajstić information content (AvgIpc) is 3.16. The number of rotatable bonds is 4. The molecule has 0 aliphatic heterocycles. The Kier molecular flexibility index (Phi) is 3.65. The van der Waals surface area contributed by atoms with Gasteiger partial charge < -0.3 is 14.2 Å². The minimum Gasteiger partial charge on any atom is -0.467 e. The fraction of sp³-hybridized carbons (Fsp3) is 0.0714. The van der Waals surface area contributed by atoms with Crippen LogP contribution in [-0.2, 0) is 6.54 Å². The molecule has 1 amide bonds. The number of aromatic nitrogens is 2. The summed E-state index contributed by atoms with van der Waals surface area (Å²) in [6, 6.07) is 10.5. The minimum atomic E-state index is -0.180. The van der Waals surface area contributed by atoms with Crippen LogP contribution in [0.25, 0.3) is 11.5 Å². The quantitative estimate of drug-likeness (QED) is 0.724. The normalized spacial score (nSPS) is 10.5. The van der Waals surface area contributed by atoms with E-state index in [1.165, 1.54) is 0 Å². The Bertz CT molecular complexity index is 787. The molecule has 2 aromatic heterocycles. The lowest BCUT2D eigenvalue weighted by molar-refractivity contribution is 0.0948. The van der Waals surface area contributed by atoms with Gasteiger partial charge in [-0.1, -0.05) is 0 Å². The summed E-state index contributed by atoms with van der Waals surface area (Å²) in [5.41, 5.74) is 1.28. The van der Waals surface area contributed by atoms with Crippen LogP contribution >= 0.6 is 12.2 Å². The van der Waals surface area contributed by atoms with Crippen molar-refractivity contribution in [3.05, 3.63) is 58.8 Å². The van der Waals surface area contributed by atoms with E-state index in [-0.39, 0.29) is 10.7 Å². The van der Waals surface area contributed by atoms with Gasteiger partial charge in [0.1, 0.15) is 5.76 Å². The number of hydrogen-bond acceptors (Lipinski definition) is 5. The van der Waals surface area contributed by atoms with Crippen molar-refractivity contribution >= 4 is 18.1 Å². The summed E-state index contributed by atoms with van der Waals surface area (Å²) in [6.45, 7) is 0.349.